The molecule has 0 saturated carbocycles. The average molecular weight is 377 g/mol. The zero-order valence-electron chi connectivity index (χ0n) is 12.6. The first-order valence-corrected chi connectivity index (χ1v) is 9.37. The van der Waals surface area contributed by atoms with Gasteiger partial charge in [-0.05, 0) is 28.8 Å². The van der Waals surface area contributed by atoms with Crippen molar-refractivity contribution in [2.45, 2.75) is 4.90 Å². The second kappa shape index (κ2) is 7.09. The van der Waals surface area contributed by atoms with Gasteiger partial charge in [0.15, 0.2) is 5.13 Å². The third-order valence-electron chi connectivity index (χ3n) is 3.31. The number of thiazole rings is 1. The van der Waals surface area contributed by atoms with Crippen molar-refractivity contribution in [3.8, 4) is 11.3 Å². The highest BCUT2D eigenvalue weighted by molar-refractivity contribution is 7.87. The highest BCUT2D eigenvalue weighted by atomic mass is 32.2. The Morgan fingerprint density at radius 1 is 1.16 bits per heavy atom. The van der Waals surface area contributed by atoms with Crippen LogP contribution in [0.4, 0.5) is 9.66 Å². The molecule has 0 bridgehead atoms. The normalized spacial score (nSPS) is 13.2. The van der Waals surface area contributed by atoms with E-state index < -0.39 is 15.9 Å². The summed E-state index contributed by atoms with van der Waals surface area (Å²) in [6.07, 6.45) is 0. The molecule has 1 amide bonds. The lowest BCUT2D eigenvalue weighted by atomic mass is 10.2. The summed E-state index contributed by atoms with van der Waals surface area (Å²) < 4.78 is 33.9. The molecule has 25 heavy (non-hydrogen) atoms. The van der Waals surface area contributed by atoms with E-state index in [2.05, 4.69) is 14.7 Å². The molecule has 1 heterocycles. The highest BCUT2D eigenvalue weighted by Gasteiger charge is 2.14. The molecular weight excluding hydrogens is 365 g/mol. The zero-order valence-corrected chi connectivity index (χ0v) is 14.3. The summed E-state index contributed by atoms with van der Waals surface area (Å²) in [7, 11) is -3.94. The number of benzene rings is 2. The molecule has 2 N–H and O–H groups in total. The maximum absolute atomic E-state index is 12.2. The number of rotatable bonds is 5. The number of hydrogen-bond acceptors (Lipinski definition) is 6. The number of nitrogens with one attached hydrogen (secondary N) is 2. The van der Waals surface area contributed by atoms with Gasteiger partial charge in [0.05, 0.1) is 10.6 Å². The maximum atomic E-state index is 12.2. The number of nitrogens with zero attached hydrogens (tertiary/aromatic N) is 1. The first-order chi connectivity index (χ1) is 12.0. The Kier molecular flexibility index (Phi) is 4.88. The number of amides is 1. The van der Waals surface area contributed by atoms with E-state index in [4.69, 9.17) is 4.78 Å². The van der Waals surface area contributed by atoms with Crippen LogP contribution in [0.25, 0.3) is 11.3 Å². The smallest absolute Gasteiger partial charge is 0.257 e. The molecule has 0 aliphatic heterocycles. The first kappa shape index (κ1) is 17.2. The van der Waals surface area contributed by atoms with Gasteiger partial charge in [-0.1, -0.05) is 34.7 Å². The van der Waals surface area contributed by atoms with Crippen LogP contribution < -0.4 is 5.32 Å². The van der Waals surface area contributed by atoms with Crippen LogP contribution in [0.2, 0.25) is 0 Å². The third kappa shape index (κ3) is 3.90. The molecule has 0 aliphatic rings. The summed E-state index contributed by atoms with van der Waals surface area (Å²) >= 11 is 1.29. The van der Waals surface area contributed by atoms with Gasteiger partial charge in [0.1, 0.15) is 0 Å². The quantitative estimate of drug-likeness (QED) is 0.694. The molecule has 3 aromatic rings. The molecule has 3 rings (SSSR count). The molecule has 9 heteroatoms. The fourth-order valence-electron chi connectivity index (χ4n) is 2.06. The van der Waals surface area contributed by atoms with Crippen molar-refractivity contribution >= 4 is 32.4 Å². The SMILES string of the molecule is N=S(=O)(OF)c1ccc(C(=O)Nc2nc(-c3ccccc3)cs2)cc1. The van der Waals surface area contributed by atoms with Crippen LogP contribution >= 0.6 is 11.3 Å². The van der Waals surface area contributed by atoms with Gasteiger partial charge in [-0.2, -0.15) is 0 Å². The summed E-state index contributed by atoms with van der Waals surface area (Å²) in [6.45, 7) is 0. The largest absolute Gasteiger partial charge is 0.298 e. The topological polar surface area (TPSA) is 92.1 Å². The Morgan fingerprint density at radius 3 is 2.48 bits per heavy atom. The Balaban J connectivity index is 1.74. The first-order valence-electron chi connectivity index (χ1n) is 7.01. The highest BCUT2D eigenvalue weighted by Crippen LogP contribution is 2.25. The van der Waals surface area contributed by atoms with Gasteiger partial charge in [-0.25, -0.2) is 14.0 Å². The minimum absolute atomic E-state index is 0.160. The van der Waals surface area contributed by atoms with Crippen LogP contribution in [-0.2, 0) is 14.4 Å². The number of anilines is 1. The van der Waals surface area contributed by atoms with Crippen molar-refractivity contribution in [1.29, 1.82) is 4.78 Å². The zero-order chi connectivity index (χ0) is 17.9. The van der Waals surface area contributed by atoms with Crippen molar-refractivity contribution in [3.63, 3.8) is 0 Å². The van der Waals surface area contributed by atoms with Gasteiger partial charge in [0, 0.05) is 16.5 Å². The van der Waals surface area contributed by atoms with Gasteiger partial charge in [-0.3, -0.25) is 10.1 Å². The van der Waals surface area contributed by atoms with Crippen molar-refractivity contribution < 1.29 is 17.9 Å². The lowest BCUT2D eigenvalue weighted by Crippen LogP contribution is -2.12. The fourth-order valence-corrected chi connectivity index (χ4v) is 3.35. The molecule has 1 atom stereocenters. The van der Waals surface area contributed by atoms with Crippen molar-refractivity contribution in [2.24, 2.45) is 0 Å². The number of halogens is 1. The lowest BCUT2D eigenvalue weighted by Gasteiger charge is -2.04. The molecule has 1 unspecified atom stereocenters. The van der Waals surface area contributed by atoms with Crippen LogP contribution in [0.5, 0.6) is 0 Å². The van der Waals surface area contributed by atoms with E-state index in [1.807, 2.05) is 35.7 Å². The number of aromatic nitrogens is 1. The van der Waals surface area contributed by atoms with Crippen LogP contribution in [0, 0.1) is 4.78 Å². The number of hydrogen-bond donors (Lipinski definition) is 2. The summed E-state index contributed by atoms with van der Waals surface area (Å²) in [5.41, 5.74) is 1.96. The van der Waals surface area contributed by atoms with E-state index in [0.29, 0.717) is 5.13 Å². The molecule has 128 valence electrons. The Labute approximate surface area is 147 Å². The molecule has 0 fully saturated rings. The lowest BCUT2D eigenvalue weighted by molar-refractivity contribution is 0.00849. The van der Waals surface area contributed by atoms with Crippen LogP contribution in [-0.4, -0.2) is 15.1 Å². The molecular formula is C16H12FN3O3S2. The van der Waals surface area contributed by atoms with E-state index in [1.165, 1.54) is 35.6 Å². The maximum Gasteiger partial charge on any atom is 0.257 e. The average Bonchev–Trinajstić information content (AvgIpc) is 3.11. The van der Waals surface area contributed by atoms with Gasteiger partial charge in [0.2, 0.25) is 10.0 Å². The minimum atomic E-state index is -3.94. The van der Waals surface area contributed by atoms with Crippen LogP contribution in [0.3, 0.4) is 0 Å². The Morgan fingerprint density at radius 2 is 1.84 bits per heavy atom. The predicted molar refractivity (Wildman–Crippen MR) is 93.3 cm³/mol. The van der Waals surface area contributed by atoms with E-state index in [9.17, 15) is 13.5 Å². The van der Waals surface area contributed by atoms with Gasteiger partial charge in [0.25, 0.3) is 5.91 Å². The molecule has 0 spiro atoms. The standard InChI is InChI=1S/C16H12FN3O3S2/c17-23-25(18,22)13-8-6-12(7-9-13)15(21)20-16-19-14(10-24-16)11-4-2-1-3-5-11/h1-10,18H,(H,19,20,21). The number of carbonyl (C=O) groups is 1. The predicted octanol–water partition coefficient (Wildman–Crippen LogP) is 4.28. The van der Waals surface area contributed by atoms with Gasteiger partial charge >= 0.3 is 0 Å². The second-order valence-electron chi connectivity index (χ2n) is 4.95. The van der Waals surface area contributed by atoms with Crippen LogP contribution in [0.15, 0.2) is 64.9 Å². The van der Waals surface area contributed by atoms with Crippen molar-refractivity contribution in [1.82, 2.24) is 4.98 Å². The molecule has 0 saturated heterocycles. The summed E-state index contributed by atoms with van der Waals surface area (Å²) in [6, 6.07) is 14.6. The van der Waals surface area contributed by atoms with E-state index in [1.54, 1.807) is 0 Å². The Bertz CT molecular complexity index is 987. The fraction of sp³-hybridized carbons (Fsp3) is 0. The number of carbonyl (C=O) groups excluding carboxylic acids is 1. The van der Waals surface area contributed by atoms with Crippen molar-refractivity contribution in [3.05, 3.63) is 65.5 Å². The molecule has 1 aromatic heterocycles. The molecule has 2 aromatic carbocycles. The monoisotopic (exact) mass is 377 g/mol. The van der Waals surface area contributed by atoms with Crippen molar-refractivity contribution in [2.75, 3.05) is 5.32 Å². The summed E-state index contributed by atoms with van der Waals surface area (Å²) in [4.78, 5) is 16.4. The van der Waals surface area contributed by atoms with Gasteiger partial charge < -0.3 is 0 Å². The molecule has 6 nitrogen and oxygen atoms in total. The second-order valence-corrected chi connectivity index (χ2v) is 7.41. The van der Waals surface area contributed by atoms with E-state index in [-0.39, 0.29) is 10.5 Å². The Hall–Kier alpha value is -2.62. The molecule has 0 aliphatic carbocycles. The third-order valence-corrected chi connectivity index (χ3v) is 5.14. The summed E-state index contributed by atoms with van der Waals surface area (Å²) in [5, 5.41) is 4.94. The van der Waals surface area contributed by atoms with Crippen LogP contribution in [0.1, 0.15) is 10.4 Å². The van der Waals surface area contributed by atoms with Gasteiger partial charge in [-0.15, -0.1) is 11.3 Å². The summed E-state index contributed by atoms with van der Waals surface area (Å²) in [5.74, 6) is -0.418. The molecule has 0 radical (unpaired) electrons. The van der Waals surface area contributed by atoms with E-state index >= 15 is 0 Å². The minimum Gasteiger partial charge on any atom is -0.298 e. The van der Waals surface area contributed by atoms with E-state index in [0.717, 1.165) is 11.3 Å².